The van der Waals surface area contributed by atoms with Crippen LogP contribution >= 0.6 is 0 Å². The van der Waals surface area contributed by atoms with Gasteiger partial charge in [0.2, 0.25) is 0 Å². The molecule has 272 valence electrons. The zero-order valence-electron chi connectivity index (χ0n) is 31.7. The van der Waals surface area contributed by atoms with E-state index >= 15 is 0 Å². The van der Waals surface area contributed by atoms with E-state index in [2.05, 4.69) is 217 Å². The van der Waals surface area contributed by atoms with Gasteiger partial charge in [0.25, 0.3) is 0 Å². The van der Waals surface area contributed by atoms with Gasteiger partial charge in [0, 0.05) is 33.4 Å². The Labute approximate surface area is 337 Å². The van der Waals surface area contributed by atoms with E-state index in [1.165, 1.54) is 49.4 Å². The van der Waals surface area contributed by atoms with Crippen molar-refractivity contribution in [1.29, 1.82) is 0 Å². The molecule has 2 nitrogen and oxygen atoms in total. The summed E-state index contributed by atoms with van der Waals surface area (Å²) in [6.45, 7) is 0. The Morgan fingerprint density at radius 1 is 0.276 bits per heavy atom. The van der Waals surface area contributed by atoms with Crippen LogP contribution in [0.15, 0.2) is 229 Å². The molecule has 0 bridgehead atoms. The summed E-state index contributed by atoms with van der Waals surface area (Å²) in [6.07, 6.45) is 0. The zero-order chi connectivity index (χ0) is 38.4. The number of hydrogen-bond acceptors (Lipinski definition) is 2. The number of benzene rings is 10. The van der Waals surface area contributed by atoms with Crippen LogP contribution < -0.4 is 4.90 Å². The lowest BCUT2D eigenvalue weighted by Gasteiger charge is -2.26. The average Bonchev–Trinajstić information content (AvgIpc) is 3.69. The number of fused-ring (bicyclic) bond motifs is 6. The molecule has 0 spiro atoms. The molecule has 0 saturated heterocycles. The lowest BCUT2D eigenvalue weighted by atomic mass is 9.96. The number of anilines is 3. The van der Waals surface area contributed by atoms with Crippen LogP contribution in [0.5, 0.6) is 0 Å². The van der Waals surface area contributed by atoms with Gasteiger partial charge in [-0.05, 0) is 109 Å². The second-order valence-electron chi connectivity index (χ2n) is 14.9. The van der Waals surface area contributed by atoms with Crippen LogP contribution in [-0.2, 0) is 0 Å². The van der Waals surface area contributed by atoms with Crippen molar-refractivity contribution in [2.75, 3.05) is 4.90 Å². The van der Waals surface area contributed by atoms with Gasteiger partial charge in [0.15, 0.2) is 0 Å². The van der Waals surface area contributed by atoms with Crippen LogP contribution in [0.25, 0.3) is 88.0 Å². The Morgan fingerprint density at radius 2 is 0.793 bits per heavy atom. The molecule has 0 saturated carbocycles. The Kier molecular flexibility index (Phi) is 8.19. The summed E-state index contributed by atoms with van der Waals surface area (Å²) in [6, 6.07) is 80.6. The second-order valence-corrected chi connectivity index (χ2v) is 14.9. The number of nitrogens with zero attached hydrogens (tertiary/aromatic N) is 1. The van der Waals surface area contributed by atoms with E-state index in [0.717, 1.165) is 55.7 Å². The van der Waals surface area contributed by atoms with Crippen LogP contribution in [-0.4, -0.2) is 0 Å². The van der Waals surface area contributed by atoms with Gasteiger partial charge < -0.3 is 9.32 Å². The normalized spacial score (nSPS) is 11.4. The first-order chi connectivity index (χ1) is 28.7. The fourth-order valence-corrected chi connectivity index (χ4v) is 8.52. The van der Waals surface area contributed by atoms with Crippen molar-refractivity contribution in [2.24, 2.45) is 0 Å². The van der Waals surface area contributed by atoms with E-state index in [9.17, 15) is 0 Å². The molecule has 2 heteroatoms. The lowest BCUT2D eigenvalue weighted by Crippen LogP contribution is -2.10. The Balaban J connectivity index is 0.950. The summed E-state index contributed by atoms with van der Waals surface area (Å²) in [5.41, 5.74) is 14.4. The van der Waals surface area contributed by atoms with Crippen molar-refractivity contribution in [3.8, 4) is 44.5 Å². The molecule has 0 fully saturated rings. The molecular formula is C56H37NO. The van der Waals surface area contributed by atoms with Crippen LogP contribution in [0.3, 0.4) is 0 Å². The van der Waals surface area contributed by atoms with Gasteiger partial charge in [-0.3, -0.25) is 0 Å². The number of furan rings is 1. The first kappa shape index (κ1) is 33.6. The lowest BCUT2D eigenvalue weighted by molar-refractivity contribution is 0.670. The quantitative estimate of drug-likeness (QED) is 0.151. The molecule has 1 heterocycles. The zero-order valence-corrected chi connectivity index (χ0v) is 31.7. The molecule has 0 atom stereocenters. The molecule has 0 amide bonds. The standard InChI is InChI=1S/C56H37NO/c1-2-10-38(11-3-1)39-26-31-47(32-27-39)57(48-33-28-43(29-34-48)52-17-9-18-54-53-16-6-7-19-55(53)58-56(52)54)49-14-8-13-44(37-49)40-20-22-41(23-21-40)45-30-35-51-46(36-45)25-24-42-12-4-5-15-50(42)51/h1-37H. The molecule has 0 aliphatic heterocycles. The molecule has 0 radical (unpaired) electrons. The van der Waals surface area contributed by atoms with Gasteiger partial charge in [-0.15, -0.1) is 0 Å². The first-order valence-electron chi connectivity index (χ1n) is 19.8. The highest BCUT2D eigenvalue weighted by Gasteiger charge is 2.16. The molecule has 0 aliphatic rings. The van der Waals surface area contributed by atoms with Gasteiger partial charge in [-0.25, -0.2) is 0 Å². The van der Waals surface area contributed by atoms with Crippen LogP contribution in [0.2, 0.25) is 0 Å². The molecule has 10 aromatic carbocycles. The van der Waals surface area contributed by atoms with E-state index in [0.29, 0.717) is 0 Å². The third-order valence-electron chi connectivity index (χ3n) is 11.5. The highest BCUT2D eigenvalue weighted by molar-refractivity contribution is 6.10. The number of para-hydroxylation sites is 2. The molecule has 0 aliphatic carbocycles. The van der Waals surface area contributed by atoms with Gasteiger partial charge in [-0.1, -0.05) is 176 Å². The Bertz CT molecular complexity index is 3250. The van der Waals surface area contributed by atoms with E-state index in [4.69, 9.17) is 4.42 Å². The fraction of sp³-hybridized carbons (Fsp3) is 0. The van der Waals surface area contributed by atoms with Gasteiger partial charge in [0.05, 0.1) is 0 Å². The summed E-state index contributed by atoms with van der Waals surface area (Å²) in [4.78, 5) is 2.34. The average molecular weight is 740 g/mol. The maximum atomic E-state index is 6.41. The van der Waals surface area contributed by atoms with Crippen molar-refractivity contribution in [2.45, 2.75) is 0 Å². The van der Waals surface area contributed by atoms with Crippen molar-refractivity contribution in [3.63, 3.8) is 0 Å². The molecular weight excluding hydrogens is 703 g/mol. The summed E-state index contributed by atoms with van der Waals surface area (Å²) in [5, 5.41) is 7.37. The highest BCUT2D eigenvalue weighted by atomic mass is 16.3. The van der Waals surface area contributed by atoms with Crippen LogP contribution in [0.1, 0.15) is 0 Å². The van der Waals surface area contributed by atoms with E-state index in [1.807, 2.05) is 12.1 Å². The van der Waals surface area contributed by atoms with E-state index in [-0.39, 0.29) is 0 Å². The molecule has 1 aromatic heterocycles. The minimum absolute atomic E-state index is 0.906. The van der Waals surface area contributed by atoms with Crippen molar-refractivity contribution in [1.82, 2.24) is 0 Å². The third-order valence-corrected chi connectivity index (χ3v) is 11.5. The first-order valence-corrected chi connectivity index (χ1v) is 19.8. The van der Waals surface area contributed by atoms with Gasteiger partial charge in [0.1, 0.15) is 11.2 Å². The third kappa shape index (κ3) is 6.00. The predicted octanol–water partition coefficient (Wildman–Crippen LogP) is 16.0. The Morgan fingerprint density at radius 3 is 1.57 bits per heavy atom. The predicted molar refractivity (Wildman–Crippen MR) is 245 cm³/mol. The SMILES string of the molecule is c1ccc(-c2ccc(N(c3ccc(-c4cccc5c4oc4ccccc45)cc3)c3cccc(-c4ccc(-c5ccc6c(ccc7ccccc76)c5)cc4)c3)cc2)cc1. The van der Waals surface area contributed by atoms with Gasteiger partial charge >= 0.3 is 0 Å². The summed E-state index contributed by atoms with van der Waals surface area (Å²) >= 11 is 0. The largest absolute Gasteiger partial charge is 0.455 e. The van der Waals surface area contributed by atoms with Crippen LogP contribution in [0.4, 0.5) is 17.1 Å². The maximum absolute atomic E-state index is 6.41. The molecule has 11 rings (SSSR count). The monoisotopic (exact) mass is 739 g/mol. The minimum atomic E-state index is 0.906. The summed E-state index contributed by atoms with van der Waals surface area (Å²) < 4.78 is 6.41. The molecule has 0 unspecified atom stereocenters. The van der Waals surface area contributed by atoms with Crippen molar-refractivity contribution < 1.29 is 4.42 Å². The second kappa shape index (κ2) is 14.1. The maximum Gasteiger partial charge on any atom is 0.143 e. The summed E-state index contributed by atoms with van der Waals surface area (Å²) in [5.74, 6) is 0. The smallest absolute Gasteiger partial charge is 0.143 e. The highest BCUT2D eigenvalue weighted by Crippen LogP contribution is 2.41. The molecule has 58 heavy (non-hydrogen) atoms. The number of hydrogen-bond donors (Lipinski definition) is 0. The topological polar surface area (TPSA) is 16.4 Å². The fourth-order valence-electron chi connectivity index (χ4n) is 8.52. The number of rotatable bonds is 7. The molecule has 11 aromatic rings. The van der Waals surface area contributed by atoms with Gasteiger partial charge in [-0.2, -0.15) is 0 Å². The Hall–Kier alpha value is -7.68. The van der Waals surface area contributed by atoms with Crippen LogP contribution in [0, 0.1) is 0 Å². The van der Waals surface area contributed by atoms with Crippen molar-refractivity contribution in [3.05, 3.63) is 224 Å². The molecule has 0 N–H and O–H groups in total. The minimum Gasteiger partial charge on any atom is -0.455 e. The van der Waals surface area contributed by atoms with E-state index < -0.39 is 0 Å². The summed E-state index contributed by atoms with van der Waals surface area (Å²) in [7, 11) is 0. The van der Waals surface area contributed by atoms with Crippen molar-refractivity contribution >= 4 is 60.5 Å². The van der Waals surface area contributed by atoms with E-state index in [1.54, 1.807) is 0 Å².